The Kier molecular flexibility index (Phi) is 5.68. The van der Waals surface area contributed by atoms with Gasteiger partial charge in [0.15, 0.2) is 0 Å². The number of rotatable bonds is 6. The average molecular weight is 356 g/mol. The van der Waals surface area contributed by atoms with Crippen LogP contribution in [-0.2, 0) is 4.79 Å². The van der Waals surface area contributed by atoms with Crippen molar-refractivity contribution in [2.24, 2.45) is 0 Å². The zero-order valence-corrected chi connectivity index (χ0v) is 14.9. The zero-order chi connectivity index (χ0) is 18.5. The first kappa shape index (κ1) is 18.1. The van der Waals surface area contributed by atoms with Gasteiger partial charge in [0.25, 0.3) is 5.91 Å². The monoisotopic (exact) mass is 356 g/mol. The summed E-state index contributed by atoms with van der Waals surface area (Å²) in [5.74, 6) is -0.655. The largest absolute Gasteiger partial charge is 0.360 e. The predicted molar refractivity (Wildman–Crippen MR) is 100 cm³/mol. The molecule has 0 spiro atoms. The number of nitrogens with one attached hydrogen (secondary N) is 3. The molecule has 3 N–H and O–H groups in total. The number of H-pyrrole nitrogens is 1. The molecule has 7 nitrogen and oxygen atoms in total. The normalized spacial score (nSPS) is 16.6. The summed E-state index contributed by atoms with van der Waals surface area (Å²) in [4.78, 5) is 42.2. The molecule has 1 saturated heterocycles. The van der Waals surface area contributed by atoms with Gasteiger partial charge in [-0.05, 0) is 31.5 Å². The molecule has 1 unspecified atom stereocenters. The Bertz CT molecular complexity index is 855. The predicted octanol–water partition coefficient (Wildman–Crippen LogP) is 0.858. The van der Waals surface area contributed by atoms with Gasteiger partial charge in [0.05, 0.1) is 6.54 Å². The third-order valence-corrected chi connectivity index (χ3v) is 4.69. The first-order valence-corrected chi connectivity index (χ1v) is 9.00. The Morgan fingerprint density at radius 1 is 1.31 bits per heavy atom. The van der Waals surface area contributed by atoms with Gasteiger partial charge in [-0.3, -0.25) is 14.4 Å². The number of aromatic amines is 1. The van der Waals surface area contributed by atoms with Crippen LogP contribution in [0.15, 0.2) is 35.3 Å². The van der Waals surface area contributed by atoms with Gasteiger partial charge in [0.2, 0.25) is 11.3 Å². The topological polar surface area (TPSA) is 94.3 Å². The first-order chi connectivity index (χ1) is 12.6. The van der Waals surface area contributed by atoms with Crippen molar-refractivity contribution in [3.8, 4) is 0 Å². The van der Waals surface area contributed by atoms with E-state index in [-0.39, 0.29) is 29.5 Å². The van der Waals surface area contributed by atoms with Crippen molar-refractivity contribution in [1.29, 1.82) is 0 Å². The molecule has 7 heteroatoms. The molecule has 2 heterocycles. The molecule has 0 saturated carbocycles. The van der Waals surface area contributed by atoms with Crippen LogP contribution in [0.1, 0.15) is 30.1 Å². The van der Waals surface area contributed by atoms with E-state index in [4.69, 9.17) is 0 Å². The number of amides is 2. The van der Waals surface area contributed by atoms with Crippen molar-refractivity contribution < 1.29 is 9.59 Å². The molecule has 2 amide bonds. The van der Waals surface area contributed by atoms with Crippen LogP contribution in [0.2, 0.25) is 0 Å². The van der Waals surface area contributed by atoms with Crippen molar-refractivity contribution in [2.75, 3.05) is 26.2 Å². The van der Waals surface area contributed by atoms with E-state index >= 15 is 0 Å². The molecule has 1 atom stereocenters. The minimum Gasteiger partial charge on any atom is -0.360 e. The molecule has 0 radical (unpaired) electrons. The highest BCUT2D eigenvalue weighted by molar-refractivity contribution is 5.98. The van der Waals surface area contributed by atoms with Crippen molar-refractivity contribution in [2.45, 2.75) is 25.8 Å². The van der Waals surface area contributed by atoms with Crippen LogP contribution in [0.4, 0.5) is 0 Å². The van der Waals surface area contributed by atoms with Gasteiger partial charge in [0.1, 0.15) is 5.56 Å². The van der Waals surface area contributed by atoms with Gasteiger partial charge in [0, 0.05) is 36.2 Å². The van der Waals surface area contributed by atoms with Gasteiger partial charge < -0.3 is 20.5 Å². The molecule has 1 aromatic carbocycles. The SMILES string of the molecule is CCCN(C(=O)CNC(=O)c1c[nH]c2ccccc2c1=O)C1CCNC1. The summed E-state index contributed by atoms with van der Waals surface area (Å²) in [6.07, 6.45) is 3.18. The Balaban J connectivity index is 1.69. The van der Waals surface area contributed by atoms with Crippen molar-refractivity contribution in [1.82, 2.24) is 20.5 Å². The van der Waals surface area contributed by atoms with E-state index < -0.39 is 5.91 Å². The number of nitrogens with zero attached hydrogens (tertiary/aromatic N) is 1. The fourth-order valence-corrected chi connectivity index (χ4v) is 3.35. The highest BCUT2D eigenvalue weighted by Crippen LogP contribution is 2.10. The van der Waals surface area contributed by atoms with Crippen molar-refractivity contribution in [3.05, 3.63) is 46.2 Å². The average Bonchev–Trinajstić information content (AvgIpc) is 3.18. The highest BCUT2D eigenvalue weighted by Gasteiger charge is 2.26. The fraction of sp³-hybridized carbons (Fsp3) is 0.421. The Morgan fingerprint density at radius 3 is 2.85 bits per heavy atom. The molecule has 1 aliphatic rings. The summed E-state index contributed by atoms with van der Waals surface area (Å²) in [7, 11) is 0. The lowest BCUT2D eigenvalue weighted by molar-refractivity contribution is -0.132. The van der Waals surface area contributed by atoms with Gasteiger partial charge in [-0.2, -0.15) is 0 Å². The van der Waals surface area contributed by atoms with Crippen molar-refractivity contribution in [3.63, 3.8) is 0 Å². The third-order valence-electron chi connectivity index (χ3n) is 4.69. The Labute approximate surface area is 151 Å². The number of hydrogen-bond donors (Lipinski definition) is 3. The maximum atomic E-state index is 12.6. The van der Waals surface area contributed by atoms with Crippen LogP contribution in [0, 0.1) is 0 Å². The molecule has 26 heavy (non-hydrogen) atoms. The van der Waals surface area contributed by atoms with Crippen LogP contribution >= 0.6 is 0 Å². The molecular weight excluding hydrogens is 332 g/mol. The number of benzene rings is 1. The number of pyridine rings is 1. The minimum atomic E-state index is -0.536. The third kappa shape index (κ3) is 3.77. The fourth-order valence-electron chi connectivity index (χ4n) is 3.35. The first-order valence-electron chi connectivity index (χ1n) is 9.00. The van der Waals surface area contributed by atoms with Gasteiger partial charge >= 0.3 is 0 Å². The summed E-state index contributed by atoms with van der Waals surface area (Å²) in [6, 6.07) is 7.19. The van der Waals surface area contributed by atoms with Crippen LogP contribution in [0.25, 0.3) is 10.9 Å². The molecule has 1 aliphatic heterocycles. The number of para-hydroxylation sites is 1. The Morgan fingerprint density at radius 2 is 2.12 bits per heavy atom. The second-order valence-electron chi connectivity index (χ2n) is 6.49. The quantitative estimate of drug-likeness (QED) is 0.715. The minimum absolute atomic E-state index is 0.0149. The molecule has 2 aromatic rings. The number of aromatic nitrogens is 1. The number of hydrogen-bond acceptors (Lipinski definition) is 4. The molecule has 0 bridgehead atoms. The lowest BCUT2D eigenvalue weighted by Gasteiger charge is -2.28. The van der Waals surface area contributed by atoms with E-state index in [1.54, 1.807) is 18.2 Å². The van der Waals surface area contributed by atoms with Crippen LogP contribution < -0.4 is 16.1 Å². The molecular formula is C19H24N4O3. The Hall–Kier alpha value is -2.67. The second kappa shape index (κ2) is 8.14. The van der Waals surface area contributed by atoms with E-state index in [1.807, 2.05) is 17.9 Å². The summed E-state index contributed by atoms with van der Waals surface area (Å²) in [5.41, 5.74) is 0.351. The number of carbonyl (C=O) groups excluding carboxylic acids is 2. The van der Waals surface area contributed by atoms with E-state index in [9.17, 15) is 14.4 Å². The number of fused-ring (bicyclic) bond motifs is 1. The summed E-state index contributed by atoms with van der Waals surface area (Å²) < 4.78 is 0. The van der Waals surface area contributed by atoms with Crippen LogP contribution in [-0.4, -0.2) is 53.9 Å². The summed E-state index contributed by atoms with van der Waals surface area (Å²) in [6.45, 7) is 4.26. The van der Waals surface area contributed by atoms with E-state index in [0.29, 0.717) is 17.4 Å². The second-order valence-corrected chi connectivity index (χ2v) is 6.49. The van der Waals surface area contributed by atoms with Crippen molar-refractivity contribution >= 4 is 22.7 Å². The molecule has 138 valence electrons. The van der Waals surface area contributed by atoms with E-state index in [2.05, 4.69) is 15.6 Å². The zero-order valence-electron chi connectivity index (χ0n) is 14.9. The van der Waals surface area contributed by atoms with Gasteiger partial charge in [-0.1, -0.05) is 19.1 Å². The lowest BCUT2D eigenvalue weighted by atomic mass is 10.1. The molecule has 1 fully saturated rings. The van der Waals surface area contributed by atoms with Crippen LogP contribution in [0.3, 0.4) is 0 Å². The maximum absolute atomic E-state index is 12.6. The van der Waals surface area contributed by atoms with E-state index in [0.717, 1.165) is 25.9 Å². The van der Waals surface area contributed by atoms with E-state index in [1.165, 1.54) is 6.20 Å². The standard InChI is InChI=1S/C19H24N4O3/c1-2-9-23(13-7-8-20-10-13)17(24)12-22-19(26)15-11-21-16-6-4-3-5-14(16)18(15)25/h3-6,11,13,20H,2,7-10,12H2,1H3,(H,21,25)(H,22,26). The summed E-state index contributed by atoms with van der Waals surface area (Å²) in [5, 5.41) is 6.31. The van der Waals surface area contributed by atoms with Gasteiger partial charge in [-0.15, -0.1) is 0 Å². The van der Waals surface area contributed by atoms with Gasteiger partial charge in [-0.25, -0.2) is 0 Å². The highest BCUT2D eigenvalue weighted by atomic mass is 16.2. The molecule has 3 rings (SSSR count). The molecule has 1 aromatic heterocycles. The summed E-state index contributed by atoms with van der Waals surface area (Å²) >= 11 is 0. The maximum Gasteiger partial charge on any atom is 0.257 e. The number of carbonyl (C=O) groups is 2. The smallest absolute Gasteiger partial charge is 0.257 e. The lowest BCUT2D eigenvalue weighted by Crippen LogP contribution is -2.47. The van der Waals surface area contributed by atoms with Crippen LogP contribution in [0.5, 0.6) is 0 Å². The molecule has 0 aliphatic carbocycles.